The van der Waals surface area contributed by atoms with E-state index < -0.39 is 0 Å². The van der Waals surface area contributed by atoms with E-state index in [2.05, 4.69) is 45.3 Å². The van der Waals surface area contributed by atoms with Crippen LogP contribution in [0.5, 0.6) is 5.75 Å². The molecule has 0 saturated carbocycles. The molecule has 0 unspecified atom stereocenters. The van der Waals surface area contributed by atoms with Gasteiger partial charge in [-0.3, -0.25) is 10.1 Å². The lowest BCUT2D eigenvalue weighted by molar-refractivity contribution is 0.102. The van der Waals surface area contributed by atoms with Crippen LogP contribution in [-0.2, 0) is 0 Å². The maximum absolute atomic E-state index is 12.4. The highest BCUT2D eigenvalue weighted by Crippen LogP contribution is 2.29. The minimum atomic E-state index is -0.238. The number of nitrogens with zero attached hydrogens (tertiary/aromatic N) is 2. The van der Waals surface area contributed by atoms with E-state index in [-0.39, 0.29) is 5.91 Å². The third-order valence-corrected chi connectivity index (χ3v) is 5.11. The number of halogens is 1. The standard InChI is InChI=1S/C15H18BrN3O2S/c1-4-9(5-2)14-18-19-15(22-14)17-13(20)11-8-10(21-3)6-7-12(11)16/h6-9H,4-5H2,1-3H3,(H,17,19,20). The second-order valence-electron chi connectivity index (χ2n) is 4.76. The van der Waals surface area contributed by atoms with Crippen LogP contribution in [0.4, 0.5) is 5.13 Å². The maximum Gasteiger partial charge on any atom is 0.258 e. The number of hydrogen-bond acceptors (Lipinski definition) is 5. The molecule has 2 aromatic rings. The molecule has 0 radical (unpaired) electrons. The van der Waals surface area contributed by atoms with Crippen LogP contribution in [0.3, 0.4) is 0 Å². The Kier molecular flexibility index (Phi) is 5.90. The van der Waals surface area contributed by atoms with Crippen molar-refractivity contribution in [2.24, 2.45) is 0 Å². The van der Waals surface area contributed by atoms with Gasteiger partial charge < -0.3 is 4.74 Å². The van der Waals surface area contributed by atoms with Gasteiger partial charge in [0.15, 0.2) is 0 Å². The van der Waals surface area contributed by atoms with E-state index in [9.17, 15) is 4.79 Å². The van der Waals surface area contributed by atoms with Crippen molar-refractivity contribution in [3.05, 3.63) is 33.2 Å². The molecule has 0 aliphatic rings. The number of anilines is 1. The molecule has 1 aromatic heterocycles. The Hall–Kier alpha value is -1.47. The number of benzene rings is 1. The zero-order valence-electron chi connectivity index (χ0n) is 12.7. The second-order valence-corrected chi connectivity index (χ2v) is 6.62. The minimum absolute atomic E-state index is 0.238. The molecule has 22 heavy (non-hydrogen) atoms. The molecule has 1 heterocycles. The summed E-state index contributed by atoms with van der Waals surface area (Å²) in [4.78, 5) is 12.4. The van der Waals surface area contributed by atoms with Gasteiger partial charge in [0.2, 0.25) is 5.13 Å². The average molecular weight is 384 g/mol. The van der Waals surface area contributed by atoms with Crippen molar-refractivity contribution in [3.63, 3.8) is 0 Å². The summed E-state index contributed by atoms with van der Waals surface area (Å²) in [7, 11) is 1.57. The highest BCUT2D eigenvalue weighted by Gasteiger charge is 2.17. The molecule has 1 N–H and O–H groups in total. The van der Waals surface area contributed by atoms with E-state index in [4.69, 9.17) is 4.74 Å². The minimum Gasteiger partial charge on any atom is -0.497 e. The van der Waals surface area contributed by atoms with Gasteiger partial charge in [-0.2, -0.15) is 0 Å². The lowest BCUT2D eigenvalue weighted by Crippen LogP contribution is -2.12. The quantitative estimate of drug-likeness (QED) is 0.799. The van der Waals surface area contributed by atoms with Crippen molar-refractivity contribution in [2.45, 2.75) is 32.6 Å². The number of carbonyl (C=O) groups excluding carboxylic acids is 1. The molecule has 2 rings (SSSR count). The summed E-state index contributed by atoms with van der Waals surface area (Å²) in [6, 6.07) is 5.25. The number of ether oxygens (including phenoxy) is 1. The van der Waals surface area contributed by atoms with Gasteiger partial charge in [0.05, 0.1) is 12.7 Å². The van der Waals surface area contributed by atoms with Crippen molar-refractivity contribution in [2.75, 3.05) is 12.4 Å². The van der Waals surface area contributed by atoms with Crippen molar-refractivity contribution >= 4 is 38.3 Å². The predicted octanol–water partition coefficient (Wildman–Crippen LogP) is 4.47. The molecule has 1 aromatic carbocycles. The highest BCUT2D eigenvalue weighted by molar-refractivity contribution is 9.10. The normalized spacial score (nSPS) is 10.8. The molecule has 0 saturated heterocycles. The molecular weight excluding hydrogens is 366 g/mol. The molecule has 0 aliphatic carbocycles. The van der Waals surface area contributed by atoms with Gasteiger partial charge in [-0.05, 0) is 47.0 Å². The lowest BCUT2D eigenvalue weighted by Gasteiger charge is -2.07. The lowest BCUT2D eigenvalue weighted by atomic mass is 10.1. The summed E-state index contributed by atoms with van der Waals surface area (Å²) < 4.78 is 5.85. The molecular formula is C15H18BrN3O2S. The van der Waals surface area contributed by atoms with Crippen LogP contribution in [0.25, 0.3) is 0 Å². The van der Waals surface area contributed by atoms with E-state index in [0.29, 0.717) is 26.8 Å². The zero-order chi connectivity index (χ0) is 16.1. The number of rotatable bonds is 6. The van der Waals surface area contributed by atoms with Gasteiger partial charge in [0.25, 0.3) is 5.91 Å². The fourth-order valence-corrected chi connectivity index (χ4v) is 3.49. The average Bonchev–Trinajstić information content (AvgIpc) is 2.97. The second kappa shape index (κ2) is 7.69. The Labute approximate surface area is 142 Å². The fraction of sp³-hybridized carbons (Fsp3) is 0.400. The molecule has 0 bridgehead atoms. The number of aromatic nitrogens is 2. The van der Waals surface area contributed by atoms with Crippen LogP contribution in [0.2, 0.25) is 0 Å². The van der Waals surface area contributed by atoms with Gasteiger partial charge in [0, 0.05) is 10.4 Å². The predicted molar refractivity (Wildman–Crippen MR) is 91.9 cm³/mol. The van der Waals surface area contributed by atoms with Crippen LogP contribution in [0.15, 0.2) is 22.7 Å². The van der Waals surface area contributed by atoms with E-state index >= 15 is 0 Å². The zero-order valence-corrected chi connectivity index (χ0v) is 15.1. The first-order valence-corrected chi connectivity index (χ1v) is 8.68. The Bertz CT molecular complexity index is 656. The fourth-order valence-electron chi connectivity index (χ4n) is 2.06. The van der Waals surface area contributed by atoms with Crippen LogP contribution < -0.4 is 10.1 Å². The van der Waals surface area contributed by atoms with Gasteiger partial charge in [-0.15, -0.1) is 10.2 Å². The molecule has 0 aliphatic heterocycles. The smallest absolute Gasteiger partial charge is 0.258 e. The SMILES string of the molecule is CCC(CC)c1nnc(NC(=O)c2cc(OC)ccc2Br)s1. The van der Waals surface area contributed by atoms with Crippen LogP contribution in [0.1, 0.15) is 48.0 Å². The number of hydrogen-bond donors (Lipinski definition) is 1. The highest BCUT2D eigenvalue weighted by atomic mass is 79.9. The van der Waals surface area contributed by atoms with Crippen molar-refractivity contribution in [1.82, 2.24) is 10.2 Å². The van der Waals surface area contributed by atoms with Crippen molar-refractivity contribution in [1.29, 1.82) is 0 Å². The summed E-state index contributed by atoms with van der Waals surface area (Å²) >= 11 is 4.80. The van der Waals surface area contributed by atoms with Gasteiger partial charge in [-0.25, -0.2) is 0 Å². The van der Waals surface area contributed by atoms with Gasteiger partial charge in [-0.1, -0.05) is 25.2 Å². The summed E-state index contributed by atoms with van der Waals surface area (Å²) in [5.41, 5.74) is 0.499. The Morgan fingerprint density at radius 2 is 2.09 bits per heavy atom. The number of methoxy groups -OCH3 is 1. The summed E-state index contributed by atoms with van der Waals surface area (Å²) in [6.07, 6.45) is 2.03. The van der Waals surface area contributed by atoms with Crippen LogP contribution in [0, 0.1) is 0 Å². The molecule has 7 heteroatoms. The molecule has 0 spiro atoms. The molecule has 118 valence electrons. The van der Waals surface area contributed by atoms with Crippen LogP contribution in [-0.4, -0.2) is 23.2 Å². The summed E-state index contributed by atoms with van der Waals surface area (Å²) in [6.45, 7) is 4.25. The van der Waals surface area contributed by atoms with Crippen LogP contribution >= 0.6 is 27.3 Å². The Balaban J connectivity index is 2.15. The van der Waals surface area contributed by atoms with Crippen molar-refractivity contribution < 1.29 is 9.53 Å². The summed E-state index contributed by atoms with van der Waals surface area (Å²) in [5.74, 6) is 0.785. The largest absolute Gasteiger partial charge is 0.497 e. The molecule has 0 fully saturated rings. The first-order valence-electron chi connectivity index (χ1n) is 7.07. The monoisotopic (exact) mass is 383 g/mol. The van der Waals surface area contributed by atoms with E-state index in [1.807, 2.05) is 0 Å². The van der Waals surface area contributed by atoms with Gasteiger partial charge >= 0.3 is 0 Å². The van der Waals surface area contributed by atoms with Gasteiger partial charge in [0.1, 0.15) is 10.8 Å². The summed E-state index contributed by atoms with van der Waals surface area (Å²) in [5, 5.41) is 12.5. The first kappa shape index (κ1) is 16.9. The number of carbonyl (C=O) groups is 1. The molecule has 1 amide bonds. The van der Waals surface area contributed by atoms with E-state index in [1.165, 1.54) is 11.3 Å². The molecule has 0 atom stereocenters. The Morgan fingerprint density at radius 1 is 1.36 bits per heavy atom. The third-order valence-electron chi connectivity index (χ3n) is 3.41. The van der Waals surface area contributed by atoms with E-state index in [1.54, 1.807) is 25.3 Å². The topological polar surface area (TPSA) is 64.1 Å². The van der Waals surface area contributed by atoms with E-state index in [0.717, 1.165) is 17.8 Å². The number of nitrogens with one attached hydrogen (secondary N) is 1. The first-order chi connectivity index (χ1) is 10.6. The Morgan fingerprint density at radius 3 is 2.73 bits per heavy atom. The third kappa shape index (κ3) is 3.84. The maximum atomic E-state index is 12.4. The van der Waals surface area contributed by atoms with Crippen molar-refractivity contribution in [3.8, 4) is 5.75 Å². The number of amides is 1. The molecule has 5 nitrogen and oxygen atoms in total.